The molecule has 0 bridgehead atoms. The number of rotatable bonds is 2. The molecule has 0 spiro atoms. The molecule has 72 valence electrons. The quantitative estimate of drug-likeness (QED) is 0.734. The summed E-state index contributed by atoms with van der Waals surface area (Å²) in [6.45, 7) is 5.48. The van der Waals surface area contributed by atoms with E-state index in [1.807, 2.05) is 0 Å². The number of hydrogen-bond acceptors (Lipinski definition) is 4. The SMILES string of the molecule is Nc1sccc1CN1CCNCC1. The second kappa shape index (κ2) is 4.09. The van der Waals surface area contributed by atoms with Gasteiger partial charge in [-0.05, 0) is 11.4 Å². The number of piperazine rings is 1. The molecule has 1 aromatic heterocycles. The number of nitrogens with two attached hydrogens (primary N) is 1. The summed E-state index contributed by atoms with van der Waals surface area (Å²) in [5, 5.41) is 6.37. The molecule has 0 radical (unpaired) electrons. The standard InChI is InChI=1S/C9H15N3S/c10-9-8(1-6-13-9)7-12-4-2-11-3-5-12/h1,6,11H,2-5,7,10H2. The Kier molecular flexibility index (Phi) is 2.83. The minimum absolute atomic E-state index is 0.971. The summed E-state index contributed by atoms with van der Waals surface area (Å²) in [6, 6.07) is 2.13. The summed E-state index contributed by atoms with van der Waals surface area (Å²) < 4.78 is 0. The zero-order valence-corrected chi connectivity index (χ0v) is 8.44. The van der Waals surface area contributed by atoms with Crippen molar-refractivity contribution in [3.8, 4) is 0 Å². The maximum atomic E-state index is 5.83. The van der Waals surface area contributed by atoms with Crippen molar-refractivity contribution < 1.29 is 0 Å². The van der Waals surface area contributed by atoms with E-state index in [9.17, 15) is 0 Å². The van der Waals surface area contributed by atoms with Crippen molar-refractivity contribution in [1.29, 1.82) is 0 Å². The molecule has 0 unspecified atom stereocenters. The first-order valence-corrected chi connectivity index (χ1v) is 5.49. The second-order valence-corrected chi connectivity index (χ2v) is 4.28. The lowest BCUT2D eigenvalue weighted by Gasteiger charge is -2.26. The molecule has 1 aromatic rings. The fraction of sp³-hybridized carbons (Fsp3) is 0.556. The fourth-order valence-corrected chi connectivity index (χ4v) is 2.25. The van der Waals surface area contributed by atoms with Crippen molar-refractivity contribution >= 4 is 16.3 Å². The monoisotopic (exact) mass is 197 g/mol. The van der Waals surface area contributed by atoms with Gasteiger partial charge in [-0.2, -0.15) is 0 Å². The number of thiophene rings is 1. The molecule has 0 saturated carbocycles. The topological polar surface area (TPSA) is 41.3 Å². The van der Waals surface area contributed by atoms with Gasteiger partial charge in [0.15, 0.2) is 0 Å². The van der Waals surface area contributed by atoms with Gasteiger partial charge in [0.25, 0.3) is 0 Å². The van der Waals surface area contributed by atoms with Gasteiger partial charge in [-0.25, -0.2) is 0 Å². The van der Waals surface area contributed by atoms with Gasteiger partial charge in [-0.1, -0.05) is 0 Å². The summed E-state index contributed by atoms with van der Waals surface area (Å²) in [4.78, 5) is 2.44. The zero-order valence-electron chi connectivity index (χ0n) is 7.62. The van der Waals surface area contributed by atoms with Crippen LogP contribution in [0.3, 0.4) is 0 Å². The van der Waals surface area contributed by atoms with Gasteiger partial charge >= 0.3 is 0 Å². The number of nitrogen functional groups attached to an aromatic ring is 1. The van der Waals surface area contributed by atoms with Crippen LogP contribution in [0.15, 0.2) is 11.4 Å². The van der Waals surface area contributed by atoms with E-state index in [0.717, 1.165) is 37.7 Å². The molecule has 13 heavy (non-hydrogen) atoms. The normalized spacial score (nSPS) is 19.1. The maximum Gasteiger partial charge on any atom is 0.0902 e. The van der Waals surface area contributed by atoms with Gasteiger partial charge in [0.2, 0.25) is 0 Å². The van der Waals surface area contributed by atoms with E-state index in [2.05, 4.69) is 21.7 Å². The Morgan fingerprint density at radius 1 is 1.46 bits per heavy atom. The molecule has 2 rings (SSSR count). The average molecular weight is 197 g/mol. The Balaban J connectivity index is 1.93. The number of hydrogen-bond donors (Lipinski definition) is 2. The number of nitrogens with zero attached hydrogens (tertiary/aromatic N) is 1. The van der Waals surface area contributed by atoms with E-state index in [-0.39, 0.29) is 0 Å². The molecular weight excluding hydrogens is 182 g/mol. The molecule has 3 N–H and O–H groups in total. The lowest BCUT2D eigenvalue weighted by molar-refractivity contribution is 0.234. The first kappa shape index (κ1) is 8.99. The van der Waals surface area contributed by atoms with Gasteiger partial charge in [-0.15, -0.1) is 11.3 Å². The molecular formula is C9H15N3S. The van der Waals surface area contributed by atoms with Crippen molar-refractivity contribution in [3.05, 3.63) is 17.0 Å². The summed E-state index contributed by atoms with van der Waals surface area (Å²) in [6.07, 6.45) is 0. The lowest BCUT2D eigenvalue weighted by Crippen LogP contribution is -2.42. The van der Waals surface area contributed by atoms with Gasteiger partial charge in [-0.3, -0.25) is 4.90 Å². The minimum atomic E-state index is 0.971. The van der Waals surface area contributed by atoms with Gasteiger partial charge in [0, 0.05) is 38.3 Å². The molecule has 1 aliphatic heterocycles. The van der Waals surface area contributed by atoms with E-state index < -0.39 is 0 Å². The molecule has 0 amide bonds. The zero-order chi connectivity index (χ0) is 9.10. The van der Waals surface area contributed by atoms with Crippen molar-refractivity contribution in [2.45, 2.75) is 6.54 Å². The highest BCUT2D eigenvalue weighted by Crippen LogP contribution is 2.20. The number of nitrogens with one attached hydrogen (secondary N) is 1. The Bertz CT molecular complexity index is 266. The molecule has 4 heteroatoms. The van der Waals surface area contributed by atoms with E-state index in [0.29, 0.717) is 0 Å². The average Bonchev–Trinajstić information content (AvgIpc) is 2.54. The Hall–Kier alpha value is -0.580. The van der Waals surface area contributed by atoms with Crippen LogP contribution in [0.2, 0.25) is 0 Å². The molecule has 1 aliphatic rings. The Morgan fingerprint density at radius 3 is 2.85 bits per heavy atom. The first-order chi connectivity index (χ1) is 6.36. The predicted molar refractivity (Wildman–Crippen MR) is 56.9 cm³/mol. The van der Waals surface area contributed by atoms with Crippen LogP contribution in [-0.2, 0) is 6.54 Å². The van der Waals surface area contributed by atoms with Crippen LogP contribution in [0.4, 0.5) is 5.00 Å². The second-order valence-electron chi connectivity index (χ2n) is 3.34. The molecule has 1 saturated heterocycles. The third kappa shape index (κ3) is 2.21. The Morgan fingerprint density at radius 2 is 2.23 bits per heavy atom. The van der Waals surface area contributed by atoms with Crippen molar-refractivity contribution in [2.75, 3.05) is 31.9 Å². The largest absolute Gasteiger partial charge is 0.390 e. The maximum absolute atomic E-state index is 5.83. The molecule has 3 nitrogen and oxygen atoms in total. The summed E-state index contributed by atoms with van der Waals surface area (Å²) in [5.74, 6) is 0. The smallest absolute Gasteiger partial charge is 0.0902 e. The molecule has 1 fully saturated rings. The summed E-state index contributed by atoms with van der Waals surface area (Å²) in [5.41, 5.74) is 7.12. The van der Waals surface area contributed by atoms with Crippen molar-refractivity contribution in [2.24, 2.45) is 0 Å². The highest BCUT2D eigenvalue weighted by molar-refractivity contribution is 7.14. The van der Waals surface area contributed by atoms with Gasteiger partial charge in [0.05, 0.1) is 5.00 Å². The number of anilines is 1. The Labute approximate surface area is 82.5 Å². The molecule has 0 aromatic carbocycles. The summed E-state index contributed by atoms with van der Waals surface area (Å²) in [7, 11) is 0. The molecule has 2 heterocycles. The molecule has 0 atom stereocenters. The van der Waals surface area contributed by atoms with E-state index >= 15 is 0 Å². The first-order valence-electron chi connectivity index (χ1n) is 4.61. The van der Waals surface area contributed by atoms with Crippen LogP contribution < -0.4 is 11.1 Å². The fourth-order valence-electron chi connectivity index (χ4n) is 1.59. The van der Waals surface area contributed by atoms with E-state index in [4.69, 9.17) is 5.73 Å². The van der Waals surface area contributed by atoms with Crippen molar-refractivity contribution in [3.63, 3.8) is 0 Å². The van der Waals surface area contributed by atoms with Crippen LogP contribution in [0, 0.1) is 0 Å². The van der Waals surface area contributed by atoms with Crippen LogP contribution in [0.25, 0.3) is 0 Å². The van der Waals surface area contributed by atoms with Crippen LogP contribution >= 0.6 is 11.3 Å². The van der Waals surface area contributed by atoms with Crippen LogP contribution in [0.5, 0.6) is 0 Å². The lowest BCUT2D eigenvalue weighted by atomic mass is 10.2. The van der Waals surface area contributed by atoms with Crippen molar-refractivity contribution in [1.82, 2.24) is 10.2 Å². The highest BCUT2D eigenvalue weighted by Gasteiger charge is 2.11. The van der Waals surface area contributed by atoms with E-state index in [1.54, 1.807) is 11.3 Å². The van der Waals surface area contributed by atoms with Gasteiger partial charge in [0.1, 0.15) is 0 Å². The molecule has 0 aliphatic carbocycles. The third-order valence-corrected chi connectivity index (χ3v) is 3.17. The third-order valence-electron chi connectivity index (χ3n) is 2.38. The predicted octanol–water partition coefficient (Wildman–Crippen LogP) is 0.736. The highest BCUT2D eigenvalue weighted by atomic mass is 32.1. The van der Waals surface area contributed by atoms with Crippen LogP contribution in [-0.4, -0.2) is 31.1 Å². The summed E-state index contributed by atoms with van der Waals surface area (Å²) >= 11 is 1.63. The minimum Gasteiger partial charge on any atom is -0.390 e. The van der Waals surface area contributed by atoms with Gasteiger partial charge < -0.3 is 11.1 Å². The van der Waals surface area contributed by atoms with Crippen LogP contribution in [0.1, 0.15) is 5.56 Å². The van der Waals surface area contributed by atoms with E-state index in [1.165, 1.54) is 5.56 Å².